The van der Waals surface area contributed by atoms with Gasteiger partial charge in [0, 0.05) is 12.7 Å². The van der Waals surface area contributed by atoms with Crippen LogP contribution in [-0.4, -0.2) is 10.5 Å². The zero-order chi connectivity index (χ0) is 9.14. The lowest BCUT2D eigenvalue weighted by Crippen LogP contribution is -2.15. The SMILES string of the molecule is Cn1c(C#N)ccc1CC(N)=O. The van der Waals surface area contributed by atoms with E-state index in [0.717, 1.165) is 5.69 Å². The standard InChI is InChI=1S/C8H9N3O/c1-11-6(4-8(10)12)2-3-7(11)5-9/h2-3H,4H2,1H3,(H2,10,12). The molecule has 12 heavy (non-hydrogen) atoms. The molecular weight excluding hydrogens is 154 g/mol. The van der Waals surface area contributed by atoms with Crippen molar-refractivity contribution in [1.29, 1.82) is 5.26 Å². The number of carbonyl (C=O) groups excluding carboxylic acids is 1. The van der Waals surface area contributed by atoms with Crippen molar-refractivity contribution < 1.29 is 4.79 Å². The molecule has 0 bridgehead atoms. The zero-order valence-corrected chi connectivity index (χ0v) is 6.74. The van der Waals surface area contributed by atoms with E-state index in [-0.39, 0.29) is 12.3 Å². The van der Waals surface area contributed by atoms with E-state index >= 15 is 0 Å². The first-order valence-corrected chi connectivity index (χ1v) is 3.48. The Morgan fingerprint density at radius 2 is 2.42 bits per heavy atom. The summed E-state index contributed by atoms with van der Waals surface area (Å²) in [4.78, 5) is 10.5. The van der Waals surface area contributed by atoms with Crippen LogP contribution in [0.5, 0.6) is 0 Å². The molecule has 4 heteroatoms. The summed E-state index contributed by atoms with van der Waals surface area (Å²) in [5, 5.41) is 8.58. The third kappa shape index (κ3) is 1.45. The van der Waals surface area contributed by atoms with Crippen LogP contribution in [-0.2, 0) is 18.3 Å². The van der Waals surface area contributed by atoms with Gasteiger partial charge < -0.3 is 10.3 Å². The van der Waals surface area contributed by atoms with Crippen molar-refractivity contribution in [1.82, 2.24) is 4.57 Å². The summed E-state index contributed by atoms with van der Waals surface area (Å²) < 4.78 is 1.66. The smallest absolute Gasteiger partial charge is 0.223 e. The van der Waals surface area contributed by atoms with Gasteiger partial charge in [-0.1, -0.05) is 0 Å². The topological polar surface area (TPSA) is 71.8 Å². The lowest BCUT2D eigenvalue weighted by atomic mass is 10.3. The van der Waals surface area contributed by atoms with Crippen LogP contribution in [0, 0.1) is 11.3 Å². The molecule has 2 N–H and O–H groups in total. The van der Waals surface area contributed by atoms with Crippen LogP contribution in [0.3, 0.4) is 0 Å². The molecule has 0 spiro atoms. The normalized spacial score (nSPS) is 9.33. The van der Waals surface area contributed by atoms with Gasteiger partial charge in [0.2, 0.25) is 5.91 Å². The highest BCUT2D eigenvalue weighted by Crippen LogP contribution is 2.05. The minimum absolute atomic E-state index is 0.179. The van der Waals surface area contributed by atoms with Crippen molar-refractivity contribution in [3.63, 3.8) is 0 Å². The van der Waals surface area contributed by atoms with E-state index in [0.29, 0.717) is 5.69 Å². The van der Waals surface area contributed by atoms with E-state index in [1.54, 1.807) is 23.7 Å². The van der Waals surface area contributed by atoms with E-state index < -0.39 is 0 Å². The highest BCUT2D eigenvalue weighted by Gasteiger charge is 2.05. The Morgan fingerprint density at radius 3 is 2.83 bits per heavy atom. The number of nitrogens with two attached hydrogens (primary N) is 1. The van der Waals surface area contributed by atoms with Gasteiger partial charge in [-0.3, -0.25) is 4.79 Å². The summed E-state index contributed by atoms with van der Waals surface area (Å²) in [6.07, 6.45) is 0.179. The van der Waals surface area contributed by atoms with E-state index in [1.165, 1.54) is 0 Å². The number of rotatable bonds is 2. The quantitative estimate of drug-likeness (QED) is 0.662. The molecule has 4 nitrogen and oxygen atoms in total. The molecule has 0 radical (unpaired) electrons. The van der Waals surface area contributed by atoms with Gasteiger partial charge in [0.1, 0.15) is 11.8 Å². The summed E-state index contributed by atoms with van der Waals surface area (Å²) in [5.41, 5.74) is 6.31. The molecule has 0 aliphatic carbocycles. The first kappa shape index (κ1) is 8.34. The maximum Gasteiger partial charge on any atom is 0.223 e. The van der Waals surface area contributed by atoms with Gasteiger partial charge in [-0.15, -0.1) is 0 Å². The number of hydrogen-bond donors (Lipinski definition) is 1. The molecule has 0 aliphatic rings. The van der Waals surface area contributed by atoms with Crippen molar-refractivity contribution in [2.24, 2.45) is 12.8 Å². The predicted molar refractivity (Wildman–Crippen MR) is 43.0 cm³/mol. The molecule has 1 heterocycles. The van der Waals surface area contributed by atoms with Crippen molar-refractivity contribution in [3.05, 3.63) is 23.5 Å². The molecule has 0 atom stereocenters. The Morgan fingerprint density at radius 1 is 1.75 bits per heavy atom. The van der Waals surface area contributed by atoms with Gasteiger partial charge in [-0.2, -0.15) is 5.26 Å². The molecule has 1 rings (SSSR count). The molecule has 1 aromatic rings. The molecule has 0 saturated heterocycles. The average Bonchev–Trinajstić information content (AvgIpc) is 2.32. The fourth-order valence-corrected chi connectivity index (χ4v) is 1.02. The largest absolute Gasteiger partial charge is 0.369 e. The molecule has 0 fully saturated rings. The van der Waals surface area contributed by atoms with Crippen LogP contribution in [0.15, 0.2) is 12.1 Å². The number of aromatic nitrogens is 1. The summed E-state index contributed by atoms with van der Waals surface area (Å²) in [6, 6.07) is 5.39. The Bertz CT molecular complexity index is 346. The Kier molecular flexibility index (Phi) is 2.15. The van der Waals surface area contributed by atoms with Crippen molar-refractivity contribution in [2.75, 3.05) is 0 Å². The van der Waals surface area contributed by atoms with Crippen LogP contribution in [0.25, 0.3) is 0 Å². The Balaban J connectivity index is 2.96. The molecule has 0 unspecified atom stereocenters. The van der Waals surface area contributed by atoms with E-state index in [4.69, 9.17) is 11.0 Å². The second-order valence-electron chi connectivity index (χ2n) is 2.52. The summed E-state index contributed by atoms with van der Waals surface area (Å²) in [7, 11) is 1.73. The predicted octanol–water partition coefficient (Wildman–Crippen LogP) is -0.0754. The van der Waals surface area contributed by atoms with Crippen molar-refractivity contribution in [2.45, 2.75) is 6.42 Å². The van der Waals surface area contributed by atoms with E-state index in [9.17, 15) is 4.79 Å². The molecule has 62 valence electrons. The van der Waals surface area contributed by atoms with Gasteiger partial charge in [0.15, 0.2) is 0 Å². The number of nitriles is 1. The Labute approximate surface area is 70.2 Å². The summed E-state index contributed by atoms with van der Waals surface area (Å²) in [6.45, 7) is 0. The maximum absolute atomic E-state index is 10.5. The van der Waals surface area contributed by atoms with Gasteiger partial charge in [0.25, 0.3) is 0 Å². The third-order valence-corrected chi connectivity index (χ3v) is 1.70. The fourth-order valence-electron chi connectivity index (χ4n) is 1.02. The van der Waals surface area contributed by atoms with Gasteiger partial charge in [-0.25, -0.2) is 0 Å². The van der Waals surface area contributed by atoms with E-state index in [1.807, 2.05) is 6.07 Å². The molecule has 1 aromatic heterocycles. The van der Waals surface area contributed by atoms with Crippen LogP contribution in [0.4, 0.5) is 0 Å². The van der Waals surface area contributed by atoms with Crippen LogP contribution in [0.1, 0.15) is 11.4 Å². The second-order valence-corrected chi connectivity index (χ2v) is 2.52. The maximum atomic E-state index is 10.5. The molecule has 1 amide bonds. The first-order chi connectivity index (χ1) is 5.65. The van der Waals surface area contributed by atoms with Crippen LogP contribution < -0.4 is 5.73 Å². The lowest BCUT2D eigenvalue weighted by molar-refractivity contribution is -0.117. The highest BCUT2D eigenvalue weighted by molar-refractivity contribution is 5.76. The second kappa shape index (κ2) is 3.09. The summed E-state index contributed by atoms with van der Waals surface area (Å²) >= 11 is 0. The molecule has 0 aliphatic heterocycles. The minimum atomic E-state index is -0.388. The molecular formula is C8H9N3O. The minimum Gasteiger partial charge on any atom is -0.369 e. The monoisotopic (exact) mass is 163 g/mol. The van der Waals surface area contributed by atoms with Gasteiger partial charge in [-0.05, 0) is 12.1 Å². The molecule has 0 saturated carbocycles. The lowest BCUT2D eigenvalue weighted by Gasteiger charge is -1.99. The number of amides is 1. The van der Waals surface area contributed by atoms with Gasteiger partial charge >= 0.3 is 0 Å². The zero-order valence-electron chi connectivity index (χ0n) is 6.74. The number of nitrogens with zero attached hydrogens (tertiary/aromatic N) is 2. The number of hydrogen-bond acceptors (Lipinski definition) is 2. The Hall–Kier alpha value is -1.76. The van der Waals surface area contributed by atoms with Gasteiger partial charge in [0.05, 0.1) is 6.42 Å². The van der Waals surface area contributed by atoms with Crippen LogP contribution >= 0.6 is 0 Å². The fraction of sp³-hybridized carbons (Fsp3) is 0.250. The summed E-state index contributed by atoms with van der Waals surface area (Å²) in [5.74, 6) is -0.388. The number of primary amides is 1. The van der Waals surface area contributed by atoms with E-state index in [2.05, 4.69) is 0 Å². The number of carbonyl (C=O) groups is 1. The molecule has 0 aromatic carbocycles. The average molecular weight is 163 g/mol. The first-order valence-electron chi connectivity index (χ1n) is 3.48. The van der Waals surface area contributed by atoms with Crippen molar-refractivity contribution >= 4 is 5.91 Å². The van der Waals surface area contributed by atoms with Crippen LogP contribution in [0.2, 0.25) is 0 Å². The van der Waals surface area contributed by atoms with Crippen molar-refractivity contribution in [3.8, 4) is 6.07 Å². The third-order valence-electron chi connectivity index (χ3n) is 1.70. The highest BCUT2D eigenvalue weighted by atomic mass is 16.1.